The van der Waals surface area contributed by atoms with Crippen molar-refractivity contribution in [1.82, 2.24) is 20.7 Å². The number of ether oxygens (including phenoxy) is 3. The van der Waals surface area contributed by atoms with E-state index >= 15 is 0 Å². The number of amides is 3. The fourth-order valence-corrected chi connectivity index (χ4v) is 5.51. The van der Waals surface area contributed by atoms with Gasteiger partial charge in [0.2, 0.25) is 5.79 Å². The fourth-order valence-electron chi connectivity index (χ4n) is 5.51. The molecule has 0 saturated carbocycles. The van der Waals surface area contributed by atoms with E-state index < -0.39 is 85.6 Å². The number of nitrogens with zero attached hydrogens (tertiary/aromatic N) is 3. The molecule has 5 bridgehead atoms. The number of hydrazine groups is 1. The van der Waals surface area contributed by atoms with Crippen molar-refractivity contribution in [2.24, 2.45) is 16.3 Å². The van der Waals surface area contributed by atoms with Crippen molar-refractivity contribution in [3.05, 3.63) is 47.7 Å². The summed E-state index contributed by atoms with van der Waals surface area (Å²) in [4.78, 5) is 62.8. The van der Waals surface area contributed by atoms with E-state index in [9.17, 15) is 28.0 Å². The van der Waals surface area contributed by atoms with Crippen LogP contribution in [0.2, 0.25) is 0 Å². The molecule has 252 valence electrons. The molecule has 14 heteroatoms. The summed E-state index contributed by atoms with van der Waals surface area (Å²) < 4.78 is 44.1. The van der Waals surface area contributed by atoms with Crippen LogP contribution in [0.1, 0.15) is 51.8 Å². The predicted octanol–water partition coefficient (Wildman–Crippen LogP) is 2.83. The molecule has 47 heavy (non-hydrogen) atoms. The van der Waals surface area contributed by atoms with Gasteiger partial charge in [-0.2, -0.15) is 0 Å². The van der Waals surface area contributed by atoms with Crippen LogP contribution in [0.5, 0.6) is 0 Å². The Labute approximate surface area is 270 Å². The average Bonchev–Trinajstić information content (AvgIpc) is 3.08. The maximum atomic E-state index is 13.9. The summed E-state index contributed by atoms with van der Waals surface area (Å²) in [6, 6.07) is 7.18. The van der Waals surface area contributed by atoms with E-state index in [1.807, 2.05) is 12.1 Å². The van der Waals surface area contributed by atoms with Gasteiger partial charge in [0, 0.05) is 11.9 Å². The smallest absolute Gasteiger partial charge is 0.321 e. The number of nitrogens with one attached hydrogen (secondary N) is 2. The Morgan fingerprint density at radius 1 is 1.06 bits per heavy atom. The number of pyridine rings is 1. The molecular formula is C33H39F2N5O7. The van der Waals surface area contributed by atoms with Crippen LogP contribution >= 0.6 is 0 Å². The number of fused-ring (bicyclic) bond motifs is 4. The Kier molecular flexibility index (Phi) is 10.1. The summed E-state index contributed by atoms with van der Waals surface area (Å²) >= 11 is 0. The molecule has 3 aliphatic heterocycles. The van der Waals surface area contributed by atoms with Crippen molar-refractivity contribution in [1.29, 1.82) is 0 Å². The van der Waals surface area contributed by atoms with Crippen molar-refractivity contribution >= 4 is 46.4 Å². The number of aliphatic imine (C=N–C) groups is 1. The monoisotopic (exact) mass is 655 g/mol. The van der Waals surface area contributed by atoms with Crippen LogP contribution in [0.3, 0.4) is 0 Å². The van der Waals surface area contributed by atoms with Crippen molar-refractivity contribution in [2.75, 3.05) is 33.1 Å². The second-order valence-corrected chi connectivity index (χ2v) is 12.5. The van der Waals surface area contributed by atoms with Crippen LogP contribution in [0.4, 0.5) is 8.78 Å². The summed E-state index contributed by atoms with van der Waals surface area (Å²) in [7, 11) is 0. The van der Waals surface area contributed by atoms with Crippen LogP contribution in [-0.2, 0) is 33.4 Å². The van der Waals surface area contributed by atoms with Gasteiger partial charge in [0.25, 0.3) is 17.7 Å². The molecule has 0 radical (unpaired) electrons. The summed E-state index contributed by atoms with van der Waals surface area (Å²) in [6.45, 7) is 3.27. The maximum Gasteiger partial charge on any atom is 0.321 e. The standard InChI is InChI=1S/C33H39F2N5O7/c1-19(2)27-29(42)37-21(4)30(43)40-13-5-6-25(39-40)28(41)36-20(3)24-10-9-23-8-7-22(14-26(23)38-24)11-12-32(31(44)47-27)17-45-33(15-34,16-35)46-18-32/h7-12,14,19,21,25,27,39H,5-6,13,15-18H2,1-4H3,(H,37,42)/b12-11+,36-20?/t21-,25-,27-/m0/s1. The molecule has 3 atom stereocenters. The molecule has 1 spiro atoms. The highest BCUT2D eigenvalue weighted by molar-refractivity contribution is 6.06. The van der Waals surface area contributed by atoms with Gasteiger partial charge in [-0.15, -0.1) is 0 Å². The van der Waals surface area contributed by atoms with Gasteiger partial charge >= 0.3 is 5.97 Å². The first-order valence-corrected chi connectivity index (χ1v) is 15.6. The minimum Gasteiger partial charge on any atom is -0.451 e. The van der Waals surface area contributed by atoms with Crippen LogP contribution in [0.25, 0.3) is 17.0 Å². The molecule has 1 aromatic carbocycles. The van der Waals surface area contributed by atoms with E-state index in [0.29, 0.717) is 41.9 Å². The lowest BCUT2D eigenvalue weighted by atomic mass is 9.87. The number of hydrogen-bond acceptors (Lipinski definition) is 9. The van der Waals surface area contributed by atoms with Crippen LogP contribution in [0, 0.1) is 11.3 Å². The normalized spacial score (nSPS) is 26.2. The summed E-state index contributed by atoms with van der Waals surface area (Å²) in [5.41, 5.74) is 3.32. The molecule has 2 N–H and O–H groups in total. The van der Waals surface area contributed by atoms with Gasteiger partial charge in [-0.25, -0.2) is 24.2 Å². The Bertz CT molecular complexity index is 1600. The average molecular weight is 656 g/mol. The minimum absolute atomic E-state index is 0.302. The third-order valence-electron chi connectivity index (χ3n) is 8.54. The number of esters is 1. The Hall–Kier alpha value is -4.14. The zero-order chi connectivity index (χ0) is 33.9. The number of hydrogen-bond donors (Lipinski definition) is 2. The quantitative estimate of drug-likeness (QED) is 0.477. The number of aromatic nitrogens is 1. The maximum absolute atomic E-state index is 13.9. The lowest BCUT2D eigenvalue weighted by Gasteiger charge is -2.41. The molecule has 1 aromatic heterocycles. The second kappa shape index (κ2) is 13.9. The van der Waals surface area contributed by atoms with Crippen molar-refractivity contribution in [3.8, 4) is 0 Å². The lowest BCUT2D eigenvalue weighted by molar-refractivity contribution is -0.305. The molecule has 0 aliphatic carbocycles. The van der Waals surface area contributed by atoms with Gasteiger partial charge in [0.15, 0.2) is 6.10 Å². The van der Waals surface area contributed by atoms with E-state index in [1.165, 1.54) is 18.0 Å². The summed E-state index contributed by atoms with van der Waals surface area (Å²) in [5.74, 6) is -5.27. The topological polar surface area (TPSA) is 149 Å². The lowest BCUT2D eigenvalue weighted by Crippen LogP contribution is -2.60. The highest BCUT2D eigenvalue weighted by Gasteiger charge is 2.50. The predicted molar refractivity (Wildman–Crippen MR) is 167 cm³/mol. The van der Waals surface area contributed by atoms with Crippen LogP contribution < -0.4 is 10.7 Å². The molecular weight excluding hydrogens is 616 g/mol. The van der Waals surface area contributed by atoms with E-state index in [-0.39, 0.29) is 0 Å². The van der Waals surface area contributed by atoms with Gasteiger partial charge < -0.3 is 19.5 Å². The summed E-state index contributed by atoms with van der Waals surface area (Å²) in [5, 5.41) is 4.71. The van der Waals surface area contributed by atoms with Crippen molar-refractivity contribution < 1.29 is 42.2 Å². The van der Waals surface area contributed by atoms with Crippen LogP contribution in [0.15, 0.2) is 41.4 Å². The Morgan fingerprint density at radius 2 is 1.77 bits per heavy atom. The van der Waals surface area contributed by atoms with E-state index in [2.05, 4.69) is 15.7 Å². The second-order valence-electron chi connectivity index (χ2n) is 12.5. The molecule has 2 aromatic rings. The highest BCUT2D eigenvalue weighted by atomic mass is 19.1. The third kappa shape index (κ3) is 7.24. The number of cyclic esters (lactones) is 1. The zero-order valence-electron chi connectivity index (χ0n) is 26.8. The fraction of sp³-hybridized carbons (Fsp3) is 0.515. The number of rotatable bonds is 3. The van der Waals surface area contributed by atoms with E-state index in [4.69, 9.17) is 19.2 Å². The summed E-state index contributed by atoms with van der Waals surface area (Å²) in [6.07, 6.45) is 2.72. The number of carbonyl (C=O) groups is 4. The van der Waals surface area contributed by atoms with E-state index in [1.54, 1.807) is 45.0 Å². The van der Waals surface area contributed by atoms with Gasteiger partial charge in [0.1, 0.15) is 30.8 Å². The number of halogens is 2. The molecule has 2 saturated heterocycles. The molecule has 4 heterocycles. The first-order valence-electron chi connectivity index (χ1n) is 15.6. The molecule has 3 aliphatic rings. The molecule has 0 unspecified atom stereocenters. The van der Waals surface area contributed by atoms with Crippen LogP contribution in [-0.4, -0.2) is 96.5 Å². The SMILES string of the molecule is CC1=NC(=O)[C@@H]2CCCN(N2)C(=O)[C@H](C)NC(=O)[C@H](C(C)C)OC(=O)C2(/C=C/c3ccc4ccc1nc4c3)COC(CF)(CF)OC2. The number of carbonyl (C=O) groups excluding carboxylic acids is 4. The number of benzene rings is 1. The first-order chi connectivity index (χ1) is 22.4. The van der Waals surface area contributed by atoms with Gasteiger partial charge in [0.05, 0.1) is 30.1 Å². The Balaban J connectivity index is 1.57. The highest BCUT2D eigenvalue weighted by Crippen LogP contribution is 2.35. The molecule has 12 nitrogen and oxygen atoms in total. The third-order valence-corrected chi connectivity index (χ3v) is 8.54. The minimum atomic E-state index is -2.16. The van der Waals surface area contributed by atoms with Gasteiger partial charge in [-0.1, -0.05) is 44.2 Å². The van der Waals surface area contributed by atoms with Gasteiger partial charge in [-0.3, -0.25) is 24.2 Å². The van der Waals surface area contributed by atoms with Crippen molar-refractivity contribution in [2.45, 2.75) is 64.5 Å². The number of alkyl halides is 2. The zero-order valence-corrected chi connectivity index (χ0v) is 26.8. The largest absolute Gasteiger partial charge is 0.451 e. The van der Waals surface area contributed by atoms with E-state index in [0.717, 1.165) is 5.39 Å². The Morgan fingerprint density at radius 3 is 2.45 bits per heavy atom. The first kappa shape index (κ1) is 34.2. The molecule has 5 rings (SSSR count). The van der Waals surface area contributed by atoms with Gasteiger partial charge in [-0.05, 0) is 50.3 Å². The van der Waals surface area contributed by atoms with Crippen molar-refractivity contribution in [3.63, 3.8) is 0 Å². The molecule has 2 fully saturated rings. The molecule has 3 amide bonds.